The maximum atomic E-state index is 9.23. The largest absolute Gasteiger partial charge is 0.392 e. The van der Waals surface area contributed by atoms with Gasteiger partial charge in [0, 0.05) is 12.4 Å². The zero-order chi connectivity index (χ0) is 11.4. The van der Waals surface area contributed by atoms with Crippen molar-refractivity contribution < 1.29 is 5.11 Å². The third-order valence-electron chi connectivity index (χ3n) is 2.82. The molecule has 16 heavy (non-hydrogen) atoms. The number of aryl methyl sites for hydroxylation is 1. The van der Waals surface area contributed by atoms with Gasteiger partial charge in [-0.2, -0.15) is 0 Å². The number of rotatable bonds is 3. The minimum atomic E-state index is 0.0506. The summed E-state index contributed by atoms with van der Waals surface area (Å²) in [5.41, 5.74) is 4.63. The van der Waals surface area contributed by atoms with Crippen molar-refractivity contribution >= 4 is 0 Å². The van der Waals surface area contributed by atoms with Crippen molar-refractivity contribution in [2.75, 3.05) is 0 Å². The highest BCUT2D eigenvalue weighted by Gasteiger charge is 2.04. The standard InChI is InChI=1S/C14H15NO/c1-11-4-2-3-5-12(11)8-13-6-7-15-9-14(13)10-16/h2-7,9,16H,8,10H2,1H3. The molecule has 0 saturated heterocycles. The van der Waals surface area contributed by atoms with E-state index in [2.05, 4.69) is 24.0 Å². The molecule has 2 nitrogen and oxygen atoms in total. The SMILES string of the molecule is Cc1ccccc1Cc1ccncc1CO. The van der Waals surface area contributed by atoms with Gasteiger partial charge in [-0.25, -0.2) is 0 Å². The third-order valence-corrected chi connectivity index (χ3v) is 2.82. The topological polar surface area (TPSA) is 33.1 Å². The first-order valence-corrected chi connectivity index (χ1v) is 5.38. The first-order valence-electron chi connectivity index (χ1n) is 5.38. The van der Waals surface area contributed by atoms with Crippen molar-refractivity contribution in [3.05, 3.63) is 65.0 Å². The number of aromatic nitrogens is 1. The molecule has 0 radical (unpaired) electrons. The number of benzene rings is 1. The Bertz CT molecular complexity index is 480. The van der Waals surface area contributed by atoms with Crippen LogP contribution in [0.2, 0.25) is 0 Å². The molecule has 1 aromatic carbocycles. The quantitative estimate of drug-likeness (QED) is 0.849. The Labute approximate surface area is 95.6 Å². The predicted octanol–water partition coefficient (Wildman–Crippen LogP) is 2.47. The van der Waals surface area contributed by atoms with E-state index < -0.39 is 0 Å². The summed E-state index contributed by atoms with van der Waals surface area (Å²) >= 11 is 0. The van der Waals surface area contributed by atoms with Crippen LogP contribution in [0.25, 0.3) is 0 Å². The van der Waals surface area contributed by atoms with E-state index >= 15 is 0 Å². The lowest BCUT2D eigenvalue weighted by atomic mass is 9.99. The van der Waals surface area contributed by atoms with Crippen LogP contribution in [0, 0.1) is 6.92 Å². The molecule has 0 saturated carbocycles. The van der Waals surface area contributed by atoms with Crippen LogP contribution in [0.3, 0.4) is 0 Å². The molecular weight excluding hydrogens is 198 g/mol. The Morgan fingerprint density at radius 2 is 1.88 bits per heavy atom. The molecule has 1 heterocycles. The van der Waals surface area contributed by atoms with Crippen LogP contribution >= 0.6 is 0 Å². The first kappa shape index (κ1) is 10.8. The summed E-state index contributed by atoms with van der Waals surface area (Å²) in [6, 6.07) is 10.3. The van der Waals surface area contributed by atoms with Gasteiger partial charge in [-0.05, 0) is 41.7 Å². The van der Waals surface area contributed by atoms with E-state index in [0.717, 1.165) is 17.5 Å². The molecule has 0 spiro atoms. The summed E-state index contributed by atoms with van der Waals surface area (Å²) in [5.74, 6) is 0. The van der Waals surface area contributed by atoms with Gasteiger partial charge in [0.15, 0.2) is 0 Å². The molecule has 0 aliphatic rings. The summed E-state index contributed by atoms with van der Waals surface area (Å²) in [6.45, 7) is 2.16. The molecule has 0 unspecified atom stereocenters. The number of aliphatic hydroxyl groups excluding tert-OH is 1. The van der Waals surface area contributed by atoms with Crippen LogP contribution < -0.4 is 0 Å². The van der Waals surface area contributed by atoms with Gasteiger partial charge in [0.2, 0.25) is 0 Å². The molecule has 2 rings (SSSR count). The van der Waals surface area contributed by atoms with E-state index in [-0.39, 0.29) is 6.61 Å². The van der Waals surface area contributed by atoms with E-state index in [1.54, 1.807) is 12.4 Å². The molecule has 82 valence electrons. The van der Waals surface area contributed by atoms with Crippen LogP contribution in [-0.2, 0) is 13.0 Å². The Balaban J connectivity index is 2.30. The average molecular weight is 213 g/mol. The second-order valence-corrected chi connectivity index (χ2v) is 3.91. The second-order valence-electron chi connectivity index (χ2n) is 3.91. The van der Waals surface area contributed by atoms with Crippen LogP contribution in [0.15, 0.2) is 42.7 Å². The summed E-state index contributed by atoms with van der Waals surface area (Å²) in [6.07, 6.45) is 4.35. The van der Waals surface area contributed by atoms with E-state index in [0.29, 0.717) is 0 Å². The van der Waals surface area contributed by atoms with Gasteiger partial charge in [0.25, 0.3) is 0 Å². The maximum Gasteiger partial charge on any atom is 0.0699 e. The van der Waals surface area contributed by atoms with Gasteiger partial charge in [-0.1, -0.05) is 24.3 Å². The van der Waals surface area contributed by atoms with Gasteiger partial charge >= 0.3 is 0 Å². The van der Waals surface area contributed by atoms with Crippen molar-refractivity contribution in [2.24, 2.45) is 0 Å². The molecule has 0 aliphatic heterocycles. The third kappa shape index (κ3) is 2.28. The zero-order valence-electron chi connectivity index (χ0n) is 9.35. The Morgan fingerprint density at radius 1 is 1.06 bits per heavy atom. The Morgan fingerprint density at radius 3 is 2.62 bits per heavy atom. The van der Waals surface area contributed by atoms with Gasteiger partial charge in [0.1, 0.15) is 0 Å². The molecule has 0 aliphatic carbocycles. The molecule has 1 N–H and O–H groups in total. The van der Waals surface area contributed by atoms with Crippen LogP contribution in [0.5, 0.6) is 0 Å². The van der Waals surface area contributed by atoms with Crippen molar-refractivity contribution in [3.8, 4) is 0 Å². The fraction of sp³-hybridized carbons (Fsp3) is 0.214. The van der Waals surface area contributed by atoms with Gasteiger partial charge in [0.05, 0.1) is 6.61 Å². The highest BCUT2D eigenvalue weighted by molar-refractivity contribution is 5.34. The normalized spacial score (nSPS) is 10.4. The highest BCUT2D eigenvalue weighted by Crippen LogP contribution is 2.16. The maximum absolute atomic E-state index is 9.23. The van der Waals surface area contributed by atoms with E-state index in [1.165, 1.54) is 11.1 Å². The Kier molecular flexibility index (Phi) is 3.32. The van der Waals surface area contributed by atoms with Crippen molar-refractivity contribution in [1.82, 2.24) is 4.98 Å². The smallest absolute Gasteiger partial charge is 0.0699 e. The average Bonchev–Trinajstić information content (AvgIpc) is 2.33. The van der Waals surface area contributed by atoms with Crippen LogP contribution in [0.4, 0.5) is 0 Å². The fourth-order valence-electron chi connectivity index (χ4n) is 1.78. The molecule has 0 atom stereocenters. The molecule has 0 fully saturated rings. The molecule has 1 aromatic heterocycles. The second kappa shape index (κ2) is 4.90. The lowest BCUT2D eigenvalue weighted by Gasteiger charge is -2.08. The Hall–Kier alpha value is -1.67. The first-order chi connectivity index (χ1) is 7.81. The molecule has 2 aromatic rings. The molecule has 0 bridgehead atoms. The van der Waals surface area contributed by atoms with Crippen molar-refractivity contribution in [3.63, 3.8) is 0 Å². The van der Waals surface area contributed by atoms with Crippen molar-refractivity contribution in [2.45, 2.75) is 20.0 Å². The minimum Gasteiger partial charge on any atom is -0.392 e. The number of pyridine rings is 1. The van der Waals surface area contributed by atoms with Gasteiger partial charge in [-0.3, -0.25) is 4.98 Å². The van der Waals surface area contributed by atoms with Gasteiger partial charge < -0.3 is 5.11 Å². The summed E-state index contributed by atoms with van der Waals surface area (Å²) in [7, 11) is 0. The molecular formula is C14H15NO. The van der Waals surface area contributed by atoms with E-state index in [9.17, 15) is 5.11 Å². The fourth-order valence-corrected chi connectivity index (χ4v) is 1.78. The number of hydrogen-bond donors (Lipinski definition) is 1. The monoisotopic (exact) mass is 213 g/mol. The summed E-state index contributed by atoms with van der Waals surface area (Å²) < 4.78 is 0. The molecule has 0 amide bonds. The summed E-state index contributed by atoms with van der Waals surface area (Å²) in [4.78, 5) is 4.02. The summed E-state index contributed by atoms with van der Waals surface area (Å²) in [5, 5.41) is 9.23. The number of aliphatic hydroxyl groups is 1. The van der Waals surface area contributed by atoms with Crippen LogP contribution in [-0.4, -0.2) is 10.1 Å². The predicted molar refractivity (Wildman–Crippen MR) is 64.1 cm³/mol. The van der Waals surface area contributed by atoms with Crippen LogP contribution in [0.1, 0.15) is 22.3 Å². The highest BCUT2D eigenvalue weighted by atomic mass is 16.3. The van der Waals surface area contributed by atoms with E-state index in [1.807, 2.05) is 18.2 Å². The van der Waals surface area contributed by atoms with E-state index in [4.69, 9.17) is 0 Å². The number of nitrogens with zero attached hydrogens (tertiary/aromatic N) is 1. The molecule has 2 heteroatoms. The number of hydrogen-bond acceptors (Lipinski definition) is 2. The lowest BCUT2D eigenvalue weighted by Crippen LogP contribution is -1.97. The minimum absolute atomic E-state index is 0.0506. The van der Waals surface area contributed by atoms with Gasteiger partial charge in [-0.15, -0.1) is 0 Å². The van der Waals surface area contributed by atoms with Crippen molar-refractivity contribution in [1.29, 1.82) is 0 Å². The zero-order valence-corrected chi connectivity index (χ0v) is 9.35. The lowest BCUT2D eigenvalue weighted by molar-refractivity contribution is 0.280.